The number of carbonyl (C=O) groups excluding carboxylic acids is 2. The Kier molecular flexibility index (Phi) is 6.00. The van der Waals surface area contributed by atoms with E-state index in [4.69, 9.17) is 16.3 Å². The number of halogens is 1. The molecule has 33 heavy (non-hydrogen) atoms. The number of imide groups is 1. The Morgan fingerprint density at radius 2 is 1.55 bits per heavy atom. The van der Waals surface area contributed by atoms with E-state index in [2.05, 4.69) is 5.32 Å². The molecule has 0 bridgehead atoms. The van der Waals surface area contributed by atoms with E-state index in [0.717, 1.165) is 22.3 Å². The van der Waals surface area contributed by atoms with Crippen LogP contribution in [-0.4, -0.2) is 18.9 Å². The van der Waals surface area contributed by atoms with E-state index in [0.29, 0.717) is 33.3 Å². The lowest BCUT2D eigenvalue weighted by Gasteiger charge is -2.18. The van der Waals surface area contributed by atoms with E-state index in [1.54, 1.807) is 18.2 Å². The van der Waals surface area contributed by atoms with Crippen molar-refractivity contribution in [1.29, 1.82) is 0 Å². The Morgan fingerprint density at radius 1 is 0.818 bits per heavy atom. The molecule has 4 rings (SSSR count). The number of methoxy groups -OCH3 is 1. The smallest absolute Gasteiger partial charge is 0.282 e. The van der Waals surface area contributed by atoms with Crippen molar-refractivity contribution in [1.82, 2.24) is 0 Å². The number of nitrogens with one attached hydrogen (secondary N) is 1. The Balaban J connectivity index is 1.86. The third-order valence-electron chi connectivity index (χ3n) is 5.91. The number of aryl methyl sites for hydroxylation is 4. The number of anilines is 2. The minimum Gasteiger partial charge on any atom is -0.495 e. The van der Waals surface area contributed by atoms with Crippen molar-refractivity contribution in [3.63, 3.8) is 0 Å². The van der Waals surface area contributed by atoms with E-state index >= 15 is 0 Å². The zero-order valence-electron chi connectivity index (χ0n) is 19.2. The standard InChI is InChI=1S/C27H25ClN2O3/c1-15-6-7-17(3)22(12-15)30-26(31)24(19-9-8-16(2)18(4)13-19)25(27(30)32)29-20-10-11-23(33-5)21(28)14-20/h6-14,29H,1-5H3. The molecule has 0 unspecified atom stereocenters. The number of rotatable bonds is 5. The topological polar surface area (TPSA) is 58.6 Å². The molecule has 168 valence electrons. The fourth-order valence-electron chi connectivity index (χ4n) is 3.88. The van der Waals surface area contributed by atoms with Crippen LogP contribution in [0.15, 0.2) is 60.3 Å². The van der Waals surface area contributed by atoms with Crippen LogP contribution in [0.25, 0.3) is 5.57 Å². The molecule has 1 heterocycles. The highest BCUT2D eigenvalue weighted by Crippen LogP contribution is 2.37. The van der Waals surface area contributed by atoms with Gasteiger partial charge in [-0.25, -0.2) is 4.90 Å². The minimum atomic E-state index is -0.408. The summed E-state index contributed by atoms with van der Waals surface area (Å²) < 4.78 is 5.22. The summed E-state index contributed by atoms with van der Waals surface area (Å²) in [5, 5.41) is 3.56. The maximum atomic E-state index is 13.7. The largest absolute Gasteiger partial charge is 0.495 e. The van der Waals surface area contributed by atoms with Crippen molar-refractivity contribution in [3.05, 3.63) is 93.1 Å². The quantitative estimate of drug-likeness (QED) is 0.476. The highest BCUT2D eigenvalue weighted by molar-refractivity contribution is 6.46. The first-order valence-corrected chi connectivity index (χ1v) is 11.0. The van der Waals surface area contributed by atoms with Crippen LogP contribution >= 0.6 is 11.6 Å². The number of hydrogen-bond acceptors (Lipinski definition) is 4. The van der Waals surface area contributed by atoms with E-state index in [1.807, 2.05) is 64.1 Å². The first-order chi connectivity index (χ1) is 15.7. The molecule has 1 N–H and O–H groups in total. The Labute approximate surface area is 198 Å². The number of hydrogen-bond donors (Lipinski definition) is 1. The second-order valence-corrected chi connectivity index (χ2v) is 8.67. The van der Waals surface area contributed by atoms with Crippen molar-refractivity contribution in [2.24, 2.45) is 0 Å². The lowest BCUT2D eigenvalue weighted by Crippen LogP contribution is -2.33. The number of benzene rings is 3. The first kappa shape index (κ1) is 22.6. The van der Waals surface area contributed by atoms with Gasteiger partial charge in [0, 0.05) is 5.69 Å². The van der Waals surface area contributed by atoms with E-state index in [1.165, 1.54) is 12.0 Å². The molecule has 0 aliphatic carbocycles. The summed E-state index contributed by atoms with van der Waals surface area (Å²) in [6.07, 6.45) is 0. The fourth-order valence-corrected chi connectivity index (χ4v) is 4.14. The van der Waals surface area contributed by atoms with E-state index in [9.17, 15) is 9.59 Å². The van der Waals surface area contributed by atoms with Gasteiger partial charge in [-0.3, -0.25) is 9.59 Å². The van der Waals surface area contributed by atoms with Crippen LogP contribution in [0.3, 0.4) is 0 Å². The van der Waals surface area contributed by atoms with Gasteiger partial charge in [0.1, 0.15) is 11.4 Å². The second kappa shape index (κ2) is 8.75. The SMILES string of the molecule is COc1ccc(NC2=C(c3ccc(C)c(C)c3)C(=O)N(c3cc(C)ccc3C)C2=O)cc1Cl. The molecule has 3 aromatic carbocycles. The zero-order valence-corrected chi connectivity index (χ0v) is 20.0. The molecule has 0 aromatic heterocycles. The van der Waals surface area contributed by atoms with Crippen molar-refractivity contribution in [3.8, 4) is 5.75 Å². The Hall–Kier alpha value is -3.57. The van der Waals surface area contributed by atoms with Crippen LogP contribution in [0.2, 0.25) is 5.02 Å². The van der Waals surface area contributed by atoms with Gasteiger partial charge in [-0.2, -0.15) is 0 Å². The molecule has 0 fully saturated rings. The number of nitrogens with zero attached hydrogens (tertiary/aromatic N) is 1. The van der Waals surface area contributed by atoms with Gasteiger partial charge in [-0.05, 0) is 79.8 Å². The third-order valence-corrected chi connectivity index (χ3v) is 6.20. The van der Waals surface area contributed by atoms with Gasteiger partial charge in [-0.1, -0.05) is 41.9 Å². The normalized spacial score (nSPS) is 13.7. The van der Waals surface area contributed by atoms with Gasteiger partial charge < -0.3 is 10.1 Å². The van der Waals surface area contributed by atoms with Crippen molar-refractivity contribution in [2.45, 2.75) is 27.7 Å². The summed E-state index contributed by atoms with van der Waals surface area (Å²) >= 11 is 6.29. The lowest BCUT2D eigenvalue weighted by molar-refractivity contribution is -0.120. The maximum Gasteiger partial charge on any atom is 0.282 e. The van der Waals surface area contributed by atoms with E-state index < -0.39 is 5.91 Å². The average molecular weight is 461 g/mol. The van der Waals surface area contributed by atoms with Crippen LogP contribution in [0.5, 0.6) is 5.75 Å². The zero-order chi connectivity index (χ0) is 23.9. The Morgan fingerprint density at radius 3 is 2.21 bits per heavy atom. The number of ether oxygens (including phenoxy) is 1. The van der Waals surface area contributed by atoms with E-state index in [-0.39, 0.29) is 11.6 Å². The number of amides is 2. The molecule has 1 aliphatic rings. The predicted octanol–water partition coefficient (Wildman–Crippen LogP) is 5.98. The maximum absolute atomic E-state index is 13.7. The van der Waals surface area contributed by atoms with Gasteiger partial charge in [0.05, 0.1) is 23.4 Å². The highest BCUT2D eigenvalue weighted by atomic mass is 35.5. The predicted molar refractivity (Wildman–Crippen MR) is 133 cm³/mol. The van der Waals surface area contributed by atoms with Crippen LogP contribution < -0.4 is 15.0 Å². The average Bonchev–Trinajstić information content (AvgIpc) is 3.01. The Bertz CT molecular complexity index is 1330. The molecule has 0 atom stereocenters. The summed E-state index contributed by atoms with van der Waals surface area (Å²) in [5.74, 6) is -0.246. The summed E-state index contributed by atoms with van der Waals surface area (Å²) in [6, 6.07) is 16.6. The molecule has 0 saturated heterocycles. The van der Waals surface area contributed by atoms with Gasteiger partial charge in [0.25, 0.3) is 11.8 Å². The second-order valence-electron chi connectivity index (χ2n) is 8.26. The highest BCUT2D eigenvalue weighted by Gasteiger charge is 2.41. The molecule has 6 heteroatoms. The van der Waals surface area contributed by atoms with Gasteiger partial charge in [0.15, 0.2) is 0 Å². The molecule has 2 amide bonds. The van der Waals surface area contributed by atoms with Gasteiger partial charge in [-0.15, -0.1) is 0 Å². The third kappa shape index (κ3) is 4.12. The van der Waals surface area contributed by atoms with Crippen LogP contribution in [0.1, 0.15) is 27.8 Å². The van der Waals surface area contributed by atoms with Crippen molar-refractivity contribution >= 4 is 40.4 Å². The molecule has 1 aliphatic heterocycles. The van der Waals surface area contributed by atoms with Gasteiger partial charge >= 0.3 is 0 Å². The molecule has 5 nitrogen and oxygen atoms in total. The summed E-state index contributed by atoms with van der Waals surface area (Å²) in [5.41, 5.74) is 6.35. The van der Waals surface area contributed by atoms with Crippen molar-refractivity contribution < 1.29 is 14.3 Å². The summed E-state index contributed by atoms with van der Waals surface area (Å²) in [7, 11) is 1.54. The molecular formula is C27H25ClN2O3. The molecule has 0 spiro atoms. The van der Waals surface area contributed by atoms with Gasteiger partial charge in [0.2, 0.25) is 0 Å². The number of carbonyl (C=O) groups is 2. The lowest BCUT2D eigenvalue weighted by atomic mass is 9.99. The minimum absolute atomic E-state index is 0.213. The monoisotopic (exact) mass is 460 g/mol. The van der Waals surface area contributed by atoms with Crippen LogP contribution in [-0.2, 0) is 9.59 Å². The van der Waals surface area contributed by atoms with Crippen molar-refractivity contribution in [2.75, 3.05) is 17.3 Å². The first-order valence-electron chi connectivity index (χ1n) is 10.6. The van der Waals surface area contributed by atoms with Crippen LogP contribution in [0.4, 0.5) is 11.4 Å². The molecular weight excluding hydrogens is 436 g/mol. The molecule has 3 aromatic rings. The van der Waals surface area contributed by atoms with Crippen LogP contribution in [0, 0.1) is 27.7 Å². The summed E-state index contributed by atoms with van der Waals surface area (Å²) in [4.78, 5) is 28.6. The molecule has 0 saturated carbocycles. The molecule has 0 radical (unpaired) electrons. The fraction of sp³-hybridized carbons (Fsp3) is 0.185. The summed E-state index contributed by atoms with van der Waals surface area (Å²) in [6.45, 7) is 7.82.